The lowest BCUT2D eigenvalue weighted by Crippen LogP contribution is -2.53. The van der Waals surface area contributed by atoms with Gasteiger partial charge in [0.05, 0.1) is 0 Å². The molecule has 0 saturated carbocycles. The fourth-order valence-corrected chi connectivity index (χ4v) is 1.54. The Morgan fingerprint density at radius 1 is 1.29 bits per heavy atom. The maximum atomic E-state index is 11.9. The summed E-state index contributed by atoms with van der Waals surface area (Å²) < 4.78 is 0. The maximum Gasteiger partial charge on any atom is 0.326 e. The monoisotopic (exact) mass is 244 g/mol. The van der Waals surface area contributed by atoms with Gasteiger partial charge >= 0.3 is 12.0 Å². The van der Waals surface area contributed by atoms with Crippen molar-refractivity contribution in [2.24, 2.45) is 5.41 Å². The van der Waals surface area contributed by atoms with Crippen molar-refractivity contribution in [1.29, 1.82) is 0 Å². The third-order valence-corrected chi connectivity index (χ3v) is 2.54. The van der Waals surface area contributed by atoms with Crippen LogP contribution in [-0.4, -0.2) is 41.1 Å². The van der Waals surface area contributed by atoms with E-state index in [9.17, 15) is 9.59 Å². The molecular weight excluding hydrogens is 220 g/mol. The number of amides is 2. The van der Waals surface area contributed by atoms with Gasteiger partial charge in [-0.15, -0.1) is 0 Å². The summed E-state index contributed by atoms with van der Waals surface area (Å²) in [7, 11) is 0. The first-order chi connectivity index (χ1) is 7.73. The van der Waals surface area contributed by atoms with Crippen LogP contribution < -0.4 is 5.32 Å². The fourth-order valence-electron chi connectivity index (χ4n) is 1.54. The van der Waals surface area contributed by atoms with Crippen LogP contribution in [0.5, 0.6) is 0 Å². The molecule has 0 aromatic rings. The Morgan fingerprint density at radius 3 is 2.12 bits per heavy atom. The Morgan fingerprint density at radius 2 is 1.82 bits per heavy atom. The number of carboxylic acids is 1. The van der Waals surface area contributed by atoms with Gasteiger partial charge in [-0.3, -0.25) is 0 Å². The quantitative estimate of drug-likeness (QED) is 0.776. The van der Waals surface area contributed by atoms with Gasteiger partial charge in [-0.1, -0.05) is 27.7 Å². The van der Waals surface area contributed by atoms with Crippen LogP contribution in [0.1, 0.15) is 41.0 Å². The highest BCUT2D eigenvalue weighted by Crippen LogP contribution is 2.19. The first kappa shape index (κ1) is 15.7. The highest BCUT2D eigenvalue weighted by atomic mass is 16.4. The van der Waals surface area contributed by atoms with E-state index in [1.165, 1.54) is 0 Å². The number of hydrogen-bond donors (Lipinski definition) is 2. The molecule has 0 aromatic carbocycles. The number of carbonyl (C=O) groups is 2. The van der Waals surface area contributed by atoms with Crippen LogP contribution in [0.25, 0.3) is 0 Å². The smallest absolute Gasteiger partial charge is 0.326 e. The number of urea groups is 1. The first-order valence-corrected chi connectivity index (χ1v) is 6.02. The molecule has 1 atom stereocenters. The molecule has 5 nitrogen and oxygen atoms in total. The molecule has 0 aliphatic rings. The molecule has 0 aromatic heterocycles. The largest absolute Gasteiger partial charge is 0.480 e. The number of rotatable bonds is 5. The Labute approximate surface area is 103 Å². The minimum absolute atomic E-state index is 0.309. The van der Waals surface area contributed by atoms with Gasteiger partial charge in [-0.2, -0.15) is 0 Å². The van der Waals surface area contributed by atoms with Gasteiger partial charge in [0.15, 0.2) is 0 Å². The molecule has 2 amide bonds. The zero-order chi connectivity index (χ0) is 13.6. The third-order valence-electron chi connectivity index (χ3n) is 2.54. The predicted molar refractivity (Wildman–Crippen MR) is 66.9 cm³/mol. The Kier molecular flexibility index (Phi) is 5.99. The van der Waals surface area contributed by atoms with Crippen LogP contribution in [0.4, 0.5) is 4.79 Å². The van der Waals surface area contributed by atoms with E-state index in [0.717, 1.165) is 6.42 Å². The zero-order valence-corrected chi connectivity index (χ0v) is 11.4. The second kappa shape index (κ2) is 6.47. The normalized spacial score (nSPS) is 13.0. The van der Waals surface area contributed by atoms with Crippen LogP contribution in [0.15, 0.2) is 0 Å². The van der Waals surface area contributed by atoms with Gasteiger partial charge in [0.25, 0.3) is 0 Å². The van der Waals surface area contributed by atoms with Crippen molar-refractivity contribution in [2.45, 2.75) is 47.1 Å². The Bertz CT molecular complexity index is 271. The van der Waals surface area contributed by atoms with Gasteiger partial charge < -0.3 is 15.3 Å². The highest BCUT2D eigenvalue weighted by molar-refractivity contribution is 5.83. The van der Waals surface area contributed by atoms with E-state index in [2.05, 4.69) is 5.32 Å². The van der Waals surface area contributed by atoms with Crippen molar-refractivity contribution >= 4 is 12.0 Å². The summed E-state index contributed by atoms with van der Waals surface area (Å²) in [6.45, 7) is 10.5. The second-order valence-electron chi connectivity index (χ2n) is 5.17. The molecule has 0 aliphatic carbocycles. The molecular formula is C12H24N2O3. The van der Waals surface area contributed by atoms with Crippen LogP contribution in [-0.2, 0) is 4.79 Å². The lowest BCUT2D eigenvalue weighted by molar-refractivity contribution is -0.142. The van der Waals surface area contributed by atoms with E-state index < -0.39 is 17.4 Å². The van der Waals surface area contributed by atoms with Crippen LogP contribution in [0, 0.1) is 5.41 Å². The summed E-state index contributed by atoms with van der Waals surface area (Å²) >= 11 is 0. The summed E-state index contributed by atoms with van der Waals surface area (Å²) in [4.78, 5) is 24.6. The molecule has 5 heteroatoms. The first-order valence-electron chi connectivity index (χ1n) is 6.02. The summed E-state index contributed by atoms with van der Waals surface area (Å²) in [5.74, 6) is -1.00. The molecule has 0 fully saturated rings. The number of nitrogens with one attached hydrogen (secondary N) is 1. The van der Waals surface area contributed by atoms with Gasteiger partial charge in [0.2, 0.25) is 0 Å². The van der Waals surface area contributed by atoms with E-state index in [-0.39, 0.29) is 6.03 Å². The van der Waals surface area contributed by atoms with Gasteiger partial charge in [-0.25, -0.2) is 9.59 Å². The van der Waals surface area contributed by atoms with Gasteiger partial charge in [0.1, 0.15) is 6.04 Å². The summed E-state index contributed by atoms with van der Waals surface area (Å²) in [6, 6.07) is -1.18. The van der Waals surface area contributed by atoms with E-state index >= 15 is 0 Å². The molecule has 100 valence electrons. The maximum absolute atomic E-state index is 11.9. The standard InChI is InChI=1S/C12H24N2O3/c1-6-8-14(7-2)11(17)13-9(10(15)16)12(3,4)5/h9H,6-8H2,1-5H3,(H,13,17)(H,15,16). The molecule has 0 spiro atoms. The average molecular weight is 244 g/mol. The van der Waals surface area contributed by atoms with Crippen molar-refractivity contribution in [2.75, 3.05) is 13.1 Å². The topological polar surface area (TPSA) is 69.6 Å². The number of hydrogen-bond acceptors (Lipinski definition) is 2. The van der Waals surface area contributed by atoms with Crippen LogP contribution in [0.3, 0.4) is 0 Å². The molecule has 0 radical (unpaired) electrons. The number of carbonyl (C=O) groups excluding carboxylic acids is 1. The third kappa shape index (κ3) is 5.06. The van der Waals surface area contributed by atoms with Gasteiger partial charge in [0, 0.05) is 13.1 Å². The lowest BCUT2D eigenvalue weighted by atomic mass is 9.87. The molecule has 0 rings (SSSR count). The SMILES string of the molecule is CCCN(CC)C(=O)NC(C(=O)O)C(C)(C)C. The van der Waals surface area contributed by atoms with Crippen molar-refractivity contribution in [3.05, 3.63) is 0 Å². The van der Waals surface area contributed by atoms with Crippen LogP contribution >= 0.6 is 0 Å². The lowest BCUT2D eigenvalue weighted by Gasteiger charge is -2.30. The number of carboxylic acid groups (broad SMARTS) is 1. The minimum Gasteiger partial charge on any atom is -0.480 e. The predicted octanol–water partition coefficient (Wildman–Crippen LogP) is 1.93. The van der Waals surface area contributed by atoms with Crippen molar-refractivity contribution in [3.8, 4) is 0 Å². The highest BCUT2D eigenvalue weighted by Gasteiger charge is 2.33. The van der Waals surface area contributed by atoms with E-state index in [4.69, 9.17) is 5.11 Å². The summed E-state index contributed by atoms with van der Waals surface area (Å²) in [6.07, 6.45) is 0.856. The van der Waals surface area contributed by atoms with Crippen LogP contribution in [0.2, 0.25) is 0 Å². The van der Waals surface area contributed by atoms with Crippen molar-refractivity contribution in [3.63, 3.8) is 0 Å². The van der Waals surface area contributed by atoms with Crippen molar-refractivity contribution in [1.82, 2.24) is 10.2 Å². The molecule has 0 heterocycles. The van der Waals surface area contributed by atoms with E-state index in [1.807, 2.05) is 13.8 Å². The molecule has 2 N–H and O–H groups in total. The molecule has 0 bridgehead atoms. The molecule has 0 aliphatic heterocycles. The van der Waals surface area contributed by atoms with Crippen molar-refractivity contribution < 1.29 is 14.7 Å². The van der Waals surface area contributed by atoms with Gasteiger partial charge in [-0.05, 0) is 18.8 Å². The fraction of sp³-hybridized carbons (Fsp3) is 0.833. The molecule has 17 heavy (non-hydrogen) atoms. The second-order valence-corrected chi connectivity index (χ2v) is 5.17. The zero-order valence-electron chi connectivity index (χ0n) is 11.4. The number of nitrogens with zero attached hydrogens (tertiary/aromatic N) is 1. The molecule has 1 unspecified atom stereocenters. The summed E-state index contributed by atoms with van der Waals surface area (Å²) in [5.41, 5.74) is -0.507. The average Bonchev–Trinajstić information content (AvgIpc) is 2.19. The number of aliphatic carboxylic acids is 1. The minimum atomic E-state index is -1.00. The summed E-state index contributed by atoms with van der Waals surface area (Å²) in [5, 5.41) is 11.7. The van der Waals surface area contributed by atoms with E-state index in [0.29, 0.717) is 13.1 Å². The molecule has 0 saturated heterocycles. The van der Waals surface area contributed by atoms with E-state index in [1.54, 1.807) is 25.7 Å². The Balaban J connectivity index is 4.66. The Hall–Kier alpha value is -1.26.